The minimum absolute atomic E-state index is 0.173. The van der Waals surface area contributed by atoms with Gasteiger partial charge in [-0.15, -0.1) is 0 Å². The summed E-state index contributed by atoms with van der Waals surface area (Å²) in [5.41, 5.74) is 3.04. The summed E-state index contributed by atoms with van der Waals surface area (Å²) in [5, 5.41) is 2.88. The van der Waals surface area contributed by atoms with E-state index in [0.29, 0.717) is 24.3 Å². The lowest BCUT2D eigenvalue weighted by atomic mass is 10.0. The highest BCUT2D eigenvalue weighted by atomic mass is 16.2. The molecular weight excluding hydrogens is 366 g/mol. The van der Waals surface area contributed by atoms with E-state index in [9.17, 15) is 9.59 Å². The molecule has 2 amide bonds. The van der Waals surface area contributed by atoms with Gasteiger partial charge in [0.2, 0.25) is 5.82 Å². The Morgan fingerprint density at radius 1 is 1.14 bits per heavy atom. The molecule has 0 unspecified atom stereocenters. The molecule has 4 rings (SSSR count). The number of benzene rings is 1. The Morgan fingerprint density at radius 3 is 2.76 bits per heavy atom. The fourth-order valence-electron chi connectivity index (χ4n) is 3.70. The second-order valence-electron chi connectivity index (χ2n) is 7.49. The van der Waals surface area contributed by atoms with Crippen LogP contribution in [0, 0.1) is 0 Å². The van der Waals surface area contributed by atoms with Gasteiger partial charge in [-0.05, 0) is 50.7 Å². The van der Waals surface area contributed by atoms with E-state index in [1.54, 1.807) is 15.5 Å². The van der Waals surface area contributed by atoms with Crippen molar-refractivity contribution in [1.29, 1.82) is 0 Å². The summed E-state index contributed by atoms with van der Waals surface area (Å²) in [4.78, 5) is 34.4. The maximum absolute atomic E-state index is 13.4. The summed E-state index contributed by atoms with van der Waals surface area (Å²) < 4.78 is 1.69. The Labute approximate surface area is 169 Å². The number of fused-ring (bicyclic) bond motifs is 2. The van der Waals surface area contributed by atoms with Crippen molar-refractivity contribution in [2.75, 3.05) is 38.6 Å². The number of nitrogens with zero attached hydrogens (tertiary/aromatic N) is 4. The number of hydrogen-bond acceptors (Lipinski definition) is 4. The fourth-order valence-corrected chi connectivity index (χ4v) is 3.70. The van der Waals surface area contributed by atoms with Gasteiger partial charge in [0.15, 0.2) is 5.69 Å². The lowest BCUT2D eigenvalue weighted by Crippen LogP contribution is -2.36. The molecular formula is C22H25N5O2. The van der Waals surface area contributed by atoms with Crippen LogP contribution in [0.4, 0.5) is 5.69 Å². The zero-order valence-corrected chi connectivity index (χ0v) is 16.8. The second-order valence-corrected chi connectivity index (χ2v) is 7.49. The van der Waals surface area contributed by atoms with Crippen LogP contribution >= 0.6 is 0 Å². The Kier molecular flexibility index (Phi) is 5.31. The van der Waals surface area contributed by atoms with Crippen LogP contribution in [0.1, 0.15) is 33.1 Å². The predicted molar refractivity (Wildman–Crippen MR) is 113 cm³/mol. The quantitative estimate of drug-likeness (QED) is 0.724. The van der Waals surface area contributed by atoms with Gasteiger partial charge in [0.05, 0.1) is 5.52 Å². The molecule has 0 spiro atoms. The van der Waals surface area contributed by atoms with Gasteiger partial charge in [0.1, 0.15) is 0 Å². The summed E-state index contributed by atoms with van der Waals surface area (Å²) in [5.74, 6) is -0.229. The molecule has 0 radical (unpaired) electrons. The molecule has 1 aliphatic heterocycles. The van der Waals surface area contributed by atoms with Gasteiger partial charge in [-0.2, -0.15) is 0 Å². The number of pyridine rings is 1. The van der Waals surface area contributed by atoms with Crippen LogP contribution in [-0.4, -0.2) is 59.8 Å². The number of para-hydroxylation sites is 1. The minimum atomic E-state index is -0.286. The van der Waals surface area contributed by atoms with Crippen LogP contribution in [0.25, 0.3) is 5.52 Å². The Bertz CT molecular complexity index is 1060. The number of anilines is 1. The predicted octanol–water partition coefficient (Wildman–Crippen LogP) is 2.22. The number of imidazole rings is 1. The average Bonchev–Trinajstić information content (AvgIpc) is 3.12. The van der Waals surface area contributed by atoms with Crippen LogP contribution in [0.5, 0.6) is 0 Å². The number of aryl methyl sites for hydroxylation is 1. The molecule has 7 heteroatoms. The van der Waals surface area contributed by atoms with Crippen LogP contribution in [0.2, 0.25) is 0 Å². The molecule has 0 saturated heterocycles. The molecule has 0 atom stereocenters. The first-order chi connectivity index (χ1) is 14.1. The number of likely N-dealkylation sites (N-methyl/N-ethyl adjacent to an activating group) is 1. The molecule has 0 fully saturated rings. The lowest BCUT2D eigenvalue weighted by molar-refractivity contribution is 0.0940. The van der Waals surface area contributed by atoms with Gasteiger partial charge in [-0.3, -0.25) is 14.0 Å². The van der Waals surface area contributed by atoms with Crippen LogP contribution in [0.3, 0.4) is 0 Å². The van der Waals surface area contributed by atoms with Gasteiger partial charge in [0.25, 0.3) is 11.8 Å². The Morgan fingerprint density at radius 2 is 1.93 bits per heavy atom. The van der Waals surface area contributed by atoms with E-state index >= 15 is 0 Å². The third-order valence-electron chi connectivity index (χ3n) is 5.15. The standard InChI is InChI=1S/C22H25N5O2/c1-25(2)15-12-23-21(28)20-24-19(18-11-5-6-13-26(18)20)22(29)27-14-7-9-16-8-3-4-10-17(16)27/h3-6,8,10-11,13H,7,9,12,14-15H2,1-2H3,(H,23,28). The van der Waals surface area contributed by atoms with Crippen molar-refractivity contribution in [2.45, 2.75) is 12.8 Å². The highest BCUT2D eigenvalue weighted by Crippen LogP contribution is 2.29. The van der Waals surface area contributed by atoms with Crippen molar-refractivity contribution in [2.24, 2.45) is 0 Å². The van der Waals surface area contributed by atoms with Crippen molar-refractivity contribution >= 4 is 23.0 Å². The lowest BCUT2D eigenvalue weighted by Gasteiger charge is -2.28. The molecule has 7 nitrogen and oxygen atoms in total. The summed E-state index contributed by atoms with van der Waals surface area (Å²) in [6.07, 6.45) is 3.64. The molecule has 2 aromatic heterocycles. The summed E-state index contributed by atoms with van der Waals surface area (Å²) in [6.45, 7) is 1.88. The van der Waals surface area contributed by atoms with Crippen molar-refractivity contribution in [3.05, 3.63) is 65.7 Å². The first-order valence-electron chi connectivity index (χ1n) is 9.86. The number of carbonyl (C=O) groups is 2. The maximum Gasteiger partial charge on any atom is 0.287 e. The number of aromatic nitrogens is 2. The topological polar surface area (TPSA) is 70.0 Å². The number of nitrogens with one attached hydrogen (secondary N) is 1. The van der Waals surface area contributed by atoms with Gasteiger partial charge >= 0.3 is 0 Å². The molecule has 0 aliphatic carbocycles. The SMILES string of the molecule is CN(C)CCNC(=O)c1nc(C(=O)N2CCCc3ccccc32)c2ccccn12. The summed E-state index contributed by atoms with van der Waals surface area (Å²) >= 11 is 0. The van der Waals surface area contributed by atoms with Crippen LogP contribution in [0.15, 0.2) is 48.7 Å². The van der Waals surface area contributed by atoms with Gasteiger partial charge < -0.3 is 15.1 Å². The maximum atomic E-state index is 13.4. The fraction of sp³-hybridized carbons (Fsp3) is 0.318. The first-order valence-corrected chi connectivity index (χ1v) is 9.86. The minimum Gasteiger partial charge on any atom is -0.348 e. The summed E-state index contributed by atoms with van der Waals surface area (Å²) in [6, 6.07) is 13.5. The van der Waals surface area contributed by atoms with Crippen LogP contribution < -0.4 is 10.2 Å². The number of carbonyl (C=O) groups excluding carboxylic acids is 2. The highest BCUT2D eigenvalue weighted by Gasteiger charge is 2.28. The Balaban J connectivity index is 1.68. The third-order valence-corrected chi connectivity index (χ3v) is 5.15. The van der Waals surface area contributed by atoms with Gasteiger partial charge in [0, 0.05) is 31.5 Å². The second kappa shape index (κ2) is 8.05. The van der Waals surface area contributed by atoms with Crippen molar-refractivity contribution in [3.8, 4) is 0 Å². The van der Waals surface area contributed by atoms with Gasteiger partial charge in [-0.25, -0.2) is 4.98 Å². The number of hydrogen-bond donors (Lipinski definition) is 1. The number of amides is 2. The van der Waals surface area contributed by atoms with Gasteiger partial charge in [-0.1, -0.05) is 24.3 Å². The van der Waals surface area contributed by atoms with E-state index in [1.807, 2.05) is 55.4 Å². The average molecular weight is 391 g/mol. The molecule has 3 aromatic rings. The van der Waals surface area contributed by atoms with E-state index in [1.165, 1.54) is 0 Å². The summed E-state index contributed by atoms with van der Waals surface area (Å²) in [7, 11) is 3.90. The third kappa shape index (κ3) is 3.73. The zero-order valence-electron chi connectivity index (χ0n) is 16.8. The smallest absolute Gasteiger partial charge is 0.287 e. The van der Waals surface area contributed by atoms with Crippen molar-refractivity contribution in [3.63, 3.8) is 0 Å². The molecule has 1 aromatic carbocycles. The normalized spacial score (nSPS) is 13.6. The molecule has 0 saturated carbocycles. The van der Waals surface area contributed by atoms with E-state index in [4.69, 9.17) is 0 Å². The molecule has 29 heavy (non-hydrogen) atoms. The van der Waals surface area contributed by atoms with E-state index in [-0.39, 0.29) is 17.6 Å². The molecule has 1 aliphatic rings. The van der Waals surface area contributed by atoms with Crippen LogP contribution in [-0.2, 0) is 6.42 Å². The zero-order chi connectivity index (χ0) is 20.4. The first kappa shape index (κ1) is 19.1. The van der Waals surface area contributed by atoms with Crippen molar-refractivity contribution in [1.82, 2.24) is 19.6 Å². The highest BCUT2D eigenvalue weighted by molar-refractivity contribution is 6.10. The van der Waals surface area contributed by atoms with E-state index in [2.05, 4.69) is 16.4 Å². The molecule has 1 N–H and O–H groups in total. The number of rotatable bonds is 5. The molecule has 3 heterocycles. The van der Waals surface area contributed by atoms with Crippen molar-refractivity contribution < 1.29 is 9.59 Å². The largest absolute Gasteiger partial charge is 0.348 e. The van der Waals surface area contributed by atoms with E-state index in [0.717, 1.165) is 30.6 Å². The Hall–Kier alpha value is -3.19. The molecule has 0 bridgehead atoms. The molecule has 150 valence electrons. The monoisotopic (exact) mass is 391 g/mol. The van der Waals surface area contributed by atoms with E-state index < -0.39 is 0 Å².